The van der Waals surface area contributed by atoms with E-state index < -0.39 is 0 Å². The fourth-order valence-corrected chi connectivity index (χ4v) is 2.51. The van der Waals surface area contributed by atoms with E-state index in [9.17, 15) is 4.79 Å². The van der Waals surface area contributed by atoms with Crippen LogP contribution in [0.3, 0.4) is 0 Å². The largest absolute Gasteiger partial charge is 0.377 e. The van der Waals surface area contributed by atoms with Gasteiger partial charge in [-0.25, -0.2) is 4.98 Å². The Morgan fingerprint density at radius 1 is 1.70 bits per heavy atom. The zero-order valence-corrected chi connectivity index (χ0v) is 12.1. The van der Waals surface area contributed by atoms with Crippen LogP contribution >= 0.6 is 0 Å². The van der Waals surface area contributed by atoms with Crippen LogP contribution in [0.1, 0.15) is 30.8 Å². The van der Waals surface area contributed by atoms with E-state index >= 15 is 0 Å². The molecule has 0 saturated heterocycles. The normalized spacial score (nSPS) is 17.6. The number of imidazole rings is 1. The summed E-state index contributed by atoms with van der Waals surface area (Å²) in [5.41, 5.74) is 1.05. The van der Waals surface area contributed by atoms with Gasteiger partial charge in [-0.2, -0.15) is 0 Å². The fraction of sp³-hybridized carbons (Fsp3) is 0.600. The molecule has 1 atom stereocenters. The lowest BCUT2D eigenvalue weighted by atomic mass is 10.1. The summed E-state index contributed by atoms with van der Waals surface area (Å²) in [5.74, 6) is 1.24. The average molecular weight is 277 g/mol. The van der Waals surface area contributed by atoms with E-state index in [1.54, 1.807) is 6.08 Å². The van der Waals surface area contributed by atoms with Crippen LogP contribution in [0.25, 0.3) is 0 Å². The van der Waals surface area contributed by atoms with Crippen LogP contribution in [0.4, 0.5) is 0 Å². The lowest BCUT2D eigenvalue weighted by molar-refractivity contribution is -0.122. The van der Waals surface area contributed by atoms with Gasteiger partial charge >= 0.3 is 0 Å². The van der Waals surface area contributed by atoms with Gasteiger partial charge in [0.05, 0.1) is 12.3 Å². The molecule has 2 heterocycles. The Hall–Kier alpha value is -1.62. The average Bonchev–Trinajstić information content (AvgIpc) is 2.78. The maximum Gasteiger partial charge on any atom is 0.220 e. The number of hydrogen-bond donors (Lipinski definition) is 1. The summed E-state index contributed by atoms with van der Waals surface area (Å²) in [6.07, 6.45) is 6.94. The number of rotatable bonds is 7. The molecule has 0 fully saturated rings. The zero-order chi connectivity index (χ0) is 14.4. The molecule has 1 N–H and O–H groups in total. The second kappa shape index (κ2) is 7.24. The van der Waals surface area contributed by atoms with Gasteiger partial charge in [-0.05, 0) is 19.8 Å². The molecule has 0 spiro atoms. The van der Waals surface area contributed by atoms with Gasteiger partial charge in [0.25, 0.3) is 0 Å². The second-order valence-corrected chi connectivity index (χ2v) is 5.22. The Labute approximate surface area is 120 Å². The summed E-state index contributed by atoms with van der Waals surface area (Å²) in [7, 11) is 0. The van der Waals surface area contributed by atoms with Crippen LogP contribution in [0.5, 0.6) is 0 Å². The molecule has 0 aromatic carbocycles. The molecular weight excluding hydrogens is 254 g/mol. The van der Waals surface area contributed by atoms with Crippen LogP contribution in [0.2, 0.25) is 0 Å². The lowest BCUT2D eigenvalue weighted by Gasteiger charge is -2.24. The number of ether oxygens (including phenoxy) is 1. The molecule has 0 bridgehead atoms. The molecule has 5 nitrogen and oxygen atoms in total. The molecule has 1 aromatic rings. The molecule has 5 heteroatoms. The first kappa shape index (κ1) is 14.8. The second-order valence-electron chi connectivity index (χ2n) is 5.22. The van der Waals surface area contributed by atoms with E-state index in [-0.39, 0.29) is 11.9 Å². The first-order valence-corrected chi connectivity index (χ1v) is 7.19. The summed E-state index contributed by atoms with van der Waals surface area (Å²) in [4.78, 5) is 16.3. The molecule has 1 unspecified atom stereocenters. The highest BCUT2D eigenvalue weighted by Crippen LogP contribution is 2.15. The zero-order valence-electron chi connectivity index (χ0n) is 12.1. The highest BCUT2D eigenvalue weighted by Gasteiger charge is 2.20. The predicted octanol–water partition coefficient (Wildman–Crippen LogP) is 1.61. The van der Waals surface area contributed by atoms with Crippen LogP contribution < -0.4 is 5.32 Å². The van der Waals surface area contributed by atoms with E-state index in [1.165, 1.54) is 0 Å². The van der Waals surface area contributed by atoms with Gasteiger partial charge in [0.15, 0.2) is 0 Å². The lowest BCUT2D eigenvalue weighted by Crippen LogP contribution is -2.40. The van der Waals surface area contributed by atoms with Crippen molar-refractivity contribution in [3.8, 4) is 0 Å². The van der Waals surface area contributed by atoms with Crippen molar-refractivity contribution in [2.45, 2.75) is 45.2 Å². The van der Waals surface area contributed by atoms with Crippen molar-refractivity contribution < 1.29 is 9.53 Å². The number of carbonyl (C=O) groups is 1. The SMILES string of the molecule is C=CCOCCCC(=O)NC1CCc2nc(C)cn2C1. The minimum Gasteiger partial charge on any atom is -0.377 e. The number of nitrogens with zero attached hydrogens (tertiary/aromatic N) is 2. The van der Waals surface area contributed by atoms with Gasteiger partial charge in [-0.3, -0.25) is 4.79 Å². The molecule has 1 aliphatic rings. The molecule has 110 valence electrons. The van der Waals surface area contributed by atoms with Crippen LogP contribution in [0, 0.1) is 6.92 Å². The fourth-order valence-electron chi connectivity index (χ4n) is 2.51. The summed E-state index contributed by atoms with van der Waals surface area (Å²) in [6, 6.07) is 0.220. The summed E-state index contributed by atoms with van der Waals surface area (Å²) < 4.78 is 7.41. The number of carbonyl (C=O) groups excluding carboxylic acids is 1. The van der Waals surface area contributed by atoms with Gasteiger partial charge < -0.3 is 14.6 Å². The first-order chi connectivity index (χ1) is 9.69. The predicted molar refractivity (Wildman–Crippen MR) is 77.5 cm³/mol. The summed E-state index contributed by atoms with van der Waals surface area (Å²) >= 11 is 0. The molecule has 2 rings (SSSR count). The van der Waals surface area contributed by atoms with E-state index in [0.29, 0.717) is 19.6 Å². The Morgan fingerprint density at radius 3 is 3.35 bits per heavy atom. The highest BCUT2D eigenvalue weighted by molar-refractivity contribution is 5.76. The van der Waals surface area contributed by atoms with Crippen molar-refractivity contribution in [1.29, 1.82) is 0 Å². The van der Waals surface area contributed by atoms with Crippen LogP contribution in [-0.2, 0) is 22.5 Å². The number of fused-ring (bicyclic) bond motifs is 1. The first-order valence-electron chi connectivity index (χ1n) is 7.19. The van der Waals surface area contributed by atoms with Gasteiger partial charge in [0.2, 0.25) is 5.91 Å². The molecule has 0 saturated carbocycles. The molecule has 1 amide bonds. The van der Waals surface area contributed by atoms with E-state index in [0.717, 1.165) is 37.3 Å². The maximum atomic E-state index is 11.8. The minimum absolute atomic E-state index is 0.109. The third kappa shape index (κ3) is 4.20. The highest BCUT2D eigenvalue weighted by atomic mass is 16.5. The Balaban J connectivity index is 1.69. The van der Waals surface area contributed by atoms with E-state index in [1.807, 2.05) is 6.92 Å². The Kier molecular flexibility index (Phi) is 5.35. The smallest absolute Gasteiger partial charge is 0.220 e. The standard InChI is InChI=1S/C15H23N3O2/c1-3-8-20-9-4-5-15(19)17-13-6-7-14-16-12(2)10-18(14)11-13/h3,10,13H,1,4-9,11H2,2H3,(H,17,19). The van der Waals surface area contributed by atoms with Gasteiger partial charge in [-0.1, -0.05) is 6.08 Å². The van der Waals surface area contributed by atoms with Crippen LogP contribution in [0.15, 0.2) is 18.9 Å². The number of aromatic nitrogens is 2. The number of aryl methyl sites for hydroxylation is 2. The van der Waals surface area contributed by atoms with Crippen molar-refractivity contribution in [3.05, 3.63) is 30.4 Å². The Bertz CT molecular complexity index is 468. The molecular formula is C15H23N3O2. The molecule has 20 heavy (non-hydrogen) atoms. The molecule has 0 radical (unpaired) electrons. The molecule has 1 aromatic heterocycles. The van der Waals surface area contributed by atoms with E-state index in [2.05, 4.69) is 27.6 Å². The van der Waals surface area contributed by atoms with Crippen LogP contribution in [-0.4, -0.2) is 34.7 Å². The van der Waals surface area contributed by atoms with Crippen molar-refractivity contribution in [1.82, 2.24) is 14.9 Å². The monoisotopic (exact) mass is 277 g/mol. The number of amides is 1. The van der Waals surface area contributed by atoms with E-state index in [4.69, 9.17) is 4.74 Å². The number of nitrogens with one attached hydrogen (secondary N) is 1. The molecule has 1 aliphatic heterocycles. The quantitative estimate of drug-likeness (QED) is 0.608. The number of hydrogen-bond acceptors (Lipinski definition) is 3. The van der Waals surface area contributed by atoms with Crippen molar-refractivity contribution in [2.75, 3.05) is 13.2 Å². The third-order valence-electron chi connectivity index (χ3n) is 3.41. The third-order valence-corrected chi connectivity index (χ3v) is 3.41. The Morgan fingerprint density at radius 2 is 2.55 bits per heavy atom. The minimum atomic E-state index is 0.109. The van der Waals surface area contributed by atoms with Gasteiger partial charge in [0, 0.05) is 38.2 Å². The van der Waals surface area contributed by atoms with Gasteiger partial charge in [-0.15, -0.1) is 6.58 Å². The van der Waals surface area contributed by atoms with Crippen molar-refractivity contribution in [3.63, 3.8) is 0 Å². The molecule has 0 aliphatic carbocycles. The maximum absolute atomic E-state index is 11.8. The van der Waals surface area contributed by atoms with Crippen molar-refractivity contribution in [2.24, 2.45) is 0 Å². The summed E-state index contributed by atoms with van der Waals surface area (Å²) in [5, 5.41) is 3.10. The topological polar surface area (TPSA) is 56.1 Å². The van der Waals surface area contributed by atoms with Gasteiger partial charge in [0.1, 0.15) is 5.82 Å². The summed E-state index contributed by atoms with van der Waals surface area (Å²) in [6.45, 7) is 7.56. The van der Waals surface area contributed by atoms with Crippen molar-refractivity contribution >= 4 is 5.91 Å².